The van der Waals surface area contributed by atoms with E-state index in [0.717, 1.165) is 19.3 Å². The third-order valence-corrected chi connectivity index (χ3v) is 3.55. The minimum atomic E-state index is -0.648. The van der Waals surface area contributed by atoms with Gasteiger partial charge in [-0.15, -0.1) is 0 Å². The molecule has 0 aromatic rings. The van der Waals surface area contributed by atoms with Crippen LogP contribution in [0.1, 0.15) is 39.5 Å². The van der Waals surface area contributed by atoms with Gasteiger partial charge in [0.05, 0.1) is 12.1 Å². The molecule has 1 rings (SSSR count). The van der Waals surface area contributed by atoms with Crippen LogP contribution in [0, 0.1) is 11.8 Å². The van der Waals surface area contributed by atoms with E-state index in [9.17, 15) is 4.79 Å². The third-order valence-electron chi connectivity index (χ3n) is 3.55. The normalized spacial score (nSPS) is 30.9. The molecule has 3 atom stereocenters. The summed E-state index contributed by atoms with van der Waals surface area (Å²) in [6, 6.07) is 0. The summed E-state index contributed by atoms with van der Waals surface area (Å²) in [5.74, 6) is 0.886. The molecular weight excluding hydrogens is 216 g/mol. The Morgan fingerprint density at radius 1 is 1.65 bits per heavy atom. The molecule has 0 spiro atoms. The SMILES string of the molecule is COCC(C)CNC(=O)C1(N)CCCC(C)C1. The number of nitrogens with two attached hydrogens (primary N) is 1. The molecule has 1 aliphatic carbocycles. The van der Waals surface area contributed by atoms with Crippen molar-refractivity contribution >= 4 is 5.91 Å². The topological polar surface area (TPSA) is 64.3 Å². The molecular formula is C13H26N2O2. The van der Waals surface area contributed by atoms with Crippen molar-refractivity contribution in [2.45, 2.75) is 45.1 Å². The Balaban J connectivity index is 2.40. The van der Waals surface area contributed by atoms with Crippen LogP contribution in [0.25, 0.3) is 0 Å². The summed E-state index contributed by atoms with van der Waals surface area (Å²) in [7, 11) is 1.67. The zero-order valence-corrected chi connectivity index (χ0v) is 11.3. The first-order chi connectivity index (χ1) is 7.98. The van der Waals surface area contributed by atoms with Crippen LogP contribution in [0.15, 0.2) is 0 Å². The Bertz CT molecular complexity index is 258. The molecule has 0 bridgehead atoms. The van der Waals surface area contributed by atoms with Crippen molar-refractivity contribution in [3.8, 4) is 0 Å². The molecule has 100 valence electrons. The van der Waals surface area contributed by atoms with Gasteiger partial charge in [0, 0.05) is 13.7 Å². The zero-order chi connectivity index (χ0) is 12.9. The Labute approximate surface area is 104 Å². The van der Waals surface area contributed by atoms with E-state index in [0.29, 0.717) is 25.0 Å². The minimum absolute atomic E-state index is 0.00648. The first-order valence-electron chi connectivity index (χ1n) is 6.54. The highest BCUT2D eigenvalue weighted by atomic mass is 16.5. The first kappa shape index (κ1) is 14.5. The lowest BCUT2D eigenvalue weighted by Gasteiger charge is -2.35. The maximum absolute atomic E-state index is 12.1. The fraction of sp³-hybridized carbons (Fsp3) is 0.923. The minimum Gasteiger partial charge on any atom is -0.384 e. The van der Waals surface area contributed by atoms with Crippen LogP contribution in [-0.4, -0.2) is 31.7 Å². The lowest BCUT2D eigenvalue weighted by Crippen LogP contribution is -2.56. The van der Waals surface area contributed by atoms with Gasteiger partial charge in [0.2, 0.25) is 5.91 Å². The summed E-state index contributed by atoms with van der Waals surface area (Å²) in [5, 5.41) is 2.95. The van der Waals surface area contributed by atoms with Crippen LogP contribution >= 0.6 is 0 Å². The molecule has 17 heavy (non-hydrogen) atoms. The number of hydrogen-bond acceptors (Lipinski definition) is 3. The average molecular weight is 242 g/mol. The number of nitrogens with one attached hydrogen (secondary N) is 1. The van der Waals surface area contributed by atoms with Gasteiger partial charge in [-0.25, -0.2) is 0 Å². The van der Waals surface area contributed by atoms with Gasteiger partial charge in [0.15, 0.2) is 0 Å². The van der Waals surface area contributed by atoms with Gasteiger partial charge in [-0.1, -0.05) is 26.7 Å². The third kappa shape index (κ3) is 4.28. The van der Waals surface area contributed by atoms with Crippen LogP contribution in [0.4, 0.5) is 0 Å². The predicted molar refractivity (Wildman–Crippen MR) is 68.6 cm³/mol. The maximum Gasteiger partial charge on any atom is 0.240 e. The summed E-state index contributed by atoms with van der Waals surface area (Å²) < 4.78 is 5.04. The summed E-state index contributed by atoms with van der Waals surface area (Å²) in [6.45, 7) is 5.52. The molecule has 0 aromatic heterocycles. The highest BCUT2D eigenvalue weighted by Crippen LogP contribution is 2.30. The van der Waals surface area contributed by atoms with Crippen LogP contribution in [0.5, 0.6) is 0 Å². The molecule has 1 aliphatic rings. The zero-order valence-electron chi connectivity index (χ0n) is 11.3. The van der Waals surface area contributed by atoms with E-state index in [-0.39, 0.29) is 5.91 Å². The highest BCUT2D eigenvalue weighted by molar-refractivity contribution is 5.86. The molecule has 0 heterocycles. The summed E-state index contributed by atoms with van der Waals surface area (Å²) in [5.41, 5.74) is 5.56. The van der Waals surface area contributed by atoms with E-state index < -0.39 is 5.54 Å². The summed E-state index contributed by atoms with van der Waals surface area (Å²) in [4.78, 5) is 12.1. The molecule has 3 N–H and O–H groups in total. The van der Waals surface area contributed by atoms with Crippen LogP contribution in [-0.2, 0) is 9.53 Å². The monoisotopic (exact) mass is 242 g/mol. The van der Waals surface area contributed by atoms with E-state index in [1.54, 1.807) is 7.11 Å². The molecule has 0 aliphatic heterocycles. The molecule has 1 fully saturated rings. The van der Waals surface area contributed by atoms with Crippen molar-refractivity contribution < 1.29 is 9.53 Å². The Kier molecular flexibility index (Phi) is 5.40. The largest absolute Gasteiger partial charge is 0.384 e. The van der Waals surface area contributed by atoms with Crippen molar-refractivity contribution in [2.24, 2.45) is 17.6 Å². The molecule has 3 unspecified atom stereocenters. The van der Waals surface area contributed by atoms with Crippen molar-refractivity contribution in [1.29, 1.82) is 0 Å². The van der Waals surface area contributed by atoms with E-state index in [4.69, 9.17) is 10.5 Å². The number of ether oxygens (including phenoxy) is 1. The lowest BCUT2D eigenvalue weighted by molar-refractivity contribution is -0.128. The van der Waals surface area contributed by atoms with Crippen molar-refractivity contribution in [1.82, 2.24) is 5.32 Å². The number of methoxy groups -OCH3 is 1. The van der Waals surface area contributed by atoms with Gasteiger partial charge in [0.25, 0.3) is 0 Å². The summed E-state index contributed by atoms with van der Waals surface area (Å²) in [6.07, 6.45) is 3.85. The van der Waals surface area contributed by atoms with Gasteiger partial charge < -0.3 is 15.8 Å². The number of rotatable bonds is 5. The van der Waals surface area contributed by atoms with Crippen LogP contribution < -0.4 is 11.1 Å². The molecule has 4 nitrogen and oxygen atoms in total. The molecule has 0 radical (unpaired) electrons. The van der Waals surface area contributed by atoms with Gasteiger partial charge in [-0.05, 0) is 24.7 Å². The number of carbonyl (C=O) groups excluding carboxylic acids is 1. The predicted octanol–water partition coefficient (Wildman–Crippen LogP) is 1.29. The fourth-order valence-electron chi connectivity index (χ4n) is 2.58. The quantitative estimate of drug-likeness (QED) is 0.763. The van der Waals surface area contributed by atoms with Crippen LogP contribution in [0.3, 0.4) is 0 Å². The Hall–Kier alpha value is -0.610. The van der Waals surface area contributed by atoms with Gasteiger partial charge in [0.1, 0.15) is 0 Å². The van der Waals surface area contributed by atoms with Crippen LogP contribution in [0.2, 0.25) is 0 Å². The van der Waals surface area contributed by atoms with Crippen molar-refractivity contribution in [2.75, 3.05) is 20.3 Å². The van der Waals surface area contributed by atoms with E-state index >= 15 is 0 Å². The van der Waals surface area contributed by atoms with Gasteiger partial charge in [-0.3, -0.25) is 4.79 Å². The van der Waals surface area contributed by atoms with Gasteiger partial charge in [-0.2, -0.15) is 0 Å². The molecule has 0 aromatic carbocycles. The Morgan fingerprint density at radius 2 is 2.35 bits per heavy atom. The number of carbonyl (C=O) groups is 1. The van der Waals surface area contributed by atoms with E-state index in [2.05, 4.69) is 19.2 Å². The van der Waals surface area contributed by atoms with Crippen molar-refractivity contribution in [3.05, 3.63) is 0 Å². The molecule has 0 saturated heterocycles. The molecule has 4 heteroatoms. The van der Waals surface area contributed by atoms with Crippen molar-refractivity contribution in [3.63, 3.8) is 0 Å². The second-order valence-electron chi connectivity index (χ2n) is 5.63. The van der Waals surface area contributed by atoms with E-state index in [1.165, 1.54) is 6.42 Å². The maximum atomic E-state index is 12.1. The van der Waals surface area contributed by atoms with Gasteiger partial charge >= 0.3 is 0 Å². The number of hydrogen-bond donors (Lipinski definition) is 2. The molecule has 1 amide bonds. The highest BCUT2D eigenvalue weighted by Gasteiger charge is 2.37. The fourth-order valence-corrected chi connectivity index (χ4v) is 2.58. The first-order valence-corrected chi connectivity index (χ1v) is 6.54. The smallest absolute Gasteiger partial charge is 0.240 e. The molecule has 1 saturated carbocycles. The summed E-state index contributed by atoms with van der Waals surface area (Å²) >= 11 is 0. The Morgan fingerprint density at radius 3 is 2.94 bits per heavy atom. The second kappa shape index (κ2) is 6.36. The second-order valence-corrected chi connectivity index (χ2v) is 5.63. The lowest BCUT2D eigenvalue weighted by atomic mass is 9.76. The average Bonchev–Trinajstić information content (AvgIpc) is 2.26. The van der Waals surface area contributed by atoms with E-state index in [1.807, 2.05) is 0 Å². The number of amides is 1. The standard InChI is InChI=1S/C13H26N2O2/c1-10-5-4-6-13(14,7-10)12(16)15-8-11(2)9-17-3/h10-11H,4-9,14H2,1-3H3,(H,15,16).